The fraction of sp³-hybridized carbons (Fsp3) is 0.444. The molecule has 0 saturated heterocycles. The Labute approximate surface area is 161 Å². The zero-order valence-electron chi connectivity index (χ0n) is 14.3. The molecule has 0 heterocycles. The summed E-state index contributed by atoms with van der Waals surface area (Å²) in [7, 11) is 0. The van der Waals surface area contributed by atoms with Crippen LogP contribution >= 0.6 is 24.0 Å². The summed E-state index contributed by atoms with van der Waals surface area (Å²) in [5.41, 5.74) is 2.04. The summed E-state index contributed by atoms with van der Waals surface area (Å²) in [5, 5.41) is 9.52. The summed E-state index contributed by atoms with van der Waals surface area (Å²) in [6.07, 6.45) is 7.42. The highest BCUT2D eigenvalue weighted by molar-refractivity contribution is 14.0. The molecule has 0 saturated carbocycles. The molecule has 2 rings (SSSR count). The summed E-state index contributed by atoms with van der Waals surface area (Å²) in [4.78, 5) is 15.6. The van der Waals surface area contributed by atoms with Crippen molar-refractivity contribution in [2.24, 2.45) is 4.99 Å². The van der Waals surface area contributed by atoms with E-state index in [4.69, 9.17) is 0 Å². The average Bonchev–Trinajstić information content (AvgIpc) is 3.01. The van der Waals surface area contributed by atoms with E-state index < -0.39 is 0 Å². The van der Waals surface area contributed by atoms with Crippen LogP contribution in [0, 0.1) is 0 Å². The number of guanidine groups is 1. The molecule has 0 bridgehead atoms. The minimum atomic E-state index is -0.0508. The maximum Gasteiger partial charge on any atom is 0.221 e. The van der Waals surface area contributed by atoms with Gasteiger partial charge in [-0.1, -0.05) is 24.3 Å². The summed E-state index contributed by atoms with van der Waals surface area (Å²) in [5.74, 6) is 0.834. The summed E-state index contributed by atoms with van der Waals surface area (Å²) in [6.45, 7) is 5.18. The number of nitrogens with zero attached hydrogens (tertiary/aromatic N) is 1. The molecule has 1 aromatic rings. The monoisotopic (exact) mass is 442 g/mol. The molecule has 1 amide bonds. The van der Waals surface area contributed by atoms with Gasteiger partial charge >= 0.3 is 0 Å². The van der Waals surface area contributed by atoms with Crippen molar-refractivity contribution in [3.8, 4) is 0 Å². The minimum Gasteiger partial charge on any atom is -0.357 e. The fourth-order valence-corrected chi connectivity index (χ4v) is 2.50. The van der Waals surface area contributed by atoms with Gasteiger partial charge in [-0.2, -0.15) is 0 Å². The first-order valence-electron chi connectivity index (χ1n) is 8.23. The van der Waals surface area contributed by atoms with Crippen LogP contribution in [0.1, 0.15) is 32.3 Å². The van der Waals surface area contributed by atoms with E-state index in [1.165, 1.54) is 12.5 Å². The van der Waals surface area contributed by atoms with Crippen LogP contribution < -0.4 is 16.0 Å². The molecule has 6 heteroatoms. The van der Waals surface area contributed by atoms with Gasteiger partial charge < -0.3 is 16.0 Å². The lowest BCUT2D eigenvalue weighted by atomic mass is 10.1. The number of carbonyl (C=O) groups is 1. The Bertz CT molecular complexity index is 561. The van der Waals surface area contributed by atoms with Crippen molar-refractivity contribution in [3.05, 3.63) is 42.0 Å². The molecular formula is C18H27IN4O. The lowest BCUT2D eigenvalue weighted by Gasteiger charge is -2.16. The van der Waals surface area contributed by atoms with Crippen LogP contribution in [-0.2, 0) is 11.2 Å². The highest BCUT2D eigenvalue weighted by atomic mass is 127. The second-order valence-electron chi connectivity index (χ2n) is 5.67. The highest BCUT2D eigenvalue weighted by Crippen LogP contribution is 2.10. The molecule has 5 nitrogen and oxygen atoms in total. The third-order valence-corrected chi connectivity index (χ3v) is 3.64. The number of amides is 1. The largest absolute Gasteiger partial charge is 0.357 e. The molecule has 0 aliphatic heterocycles. The van der Waals surface area contributed by atoms with E-state index >= 15 is 0 Å². The van der Waals surface area contributed by atoms with Crippen LogP contribution in [0.15, 0.2) is 41.4 Å². The van der Waals surface area contributed by atoms with E-state index in [2.05, 4.69) is 40.0 Å². The van der Waals surface area contributed by atoms with E-state index in [0.29, 0.717) is 6.04 Å². The van der Waals surface area contributed by atoms with Gasteiger partial charge in [0, 0.05) is 31.7 Å². The van der Waals surface area contributed by atoms with Crippen molar-refractivity contribution in [2.75, 3.05) is 18.4 Å². The zero-order valence-corrected chi connectivity index (χ0v) is 16.7. The molecule has 1 aliphatic rings. The lowest BCUT2D eigenvalue weighted by Crippen LogP contribution is -2.42. The van der Waals surface area contributed by atoms with Crippen LogP contribution in [0.5, 0.6) is 0 Å². The normalized spacial score (nSPS) is 14.2. The first kappa shape index (κ1) is 20.5. The van der Waals surface area contributed by atoms with Gasteiger partial charge in [-0.25, -0.2) is 0 Å². The third-order valence-electron chi connectivity index (χ3n) is 3.64. The topological polar surface area (TPSA) is 65.5 Å². The number of carbonyl (C=O) groups excluding carboxylic acids is 1. The van der Waals surface area contributed by atoms with Crippen molar-refractivity contribution in [1.29, 1.82) is 0 Å². The molecule has 132 valence electrons. The standard InChI is InChI=1S/C18H26N4O.HI/c1-3-19-18(22-16-6-4-5-7-16)20-13-12-15-8-10-17(11-9-15)21-14(2)23;/h4-5,8-11,16H,3,6-7,12-13H2,1-2H3,(H,21,23)(H2,19,20,22);1H. The van der Waals surface area contributed by atoms with Crippen molar-refractivity contribution >= 4 is 41.5 Å². The van der Waals surface area contributed by atoms with Gasteiger partial charge in [0.05, 0.1) is 0 Å². The Morgan fingerprint density at radius 1 is 1.21 bits per heavy atom. The number of anilines is 1. The van der Waals surface area contributed by atoms with Gasteiger partial charge in [0.2, 0.25) is 5.91 Å². The van der Waals surface area contributed by atoms with Crippen LogP contribution in [-0.4, -0.2) is 31.0 Å². The maximum atomic E-state index is 11.0. The summed E-state index contributed by atoms with van der Waals surface area (Å²) < 4.78 is 0. The Kier molecular flexibility index (Phi) is 9.44. The minimum absolute atomic E-state index is 0. The van der Waals surface area contributed by atoms with Crippen molar-refractivity contribution in [2.45, 2.75) is 39.2 Å². The predicted molar refractivity (Wildman–Crippen MR) is 111 cm³/mol. The quantitative estimate of drug-likeness (QED) is 0.275. The Morgan fingerprint density at radius 3 is 2.46 bits per heavy atom. The SMILES string of the molecule is CCNC(=NCCc1ccc(NC(C)=O)cc1)NC1CC=CC1.I. The van der Waals surface area contributed by atoms with Crippen molar-refractivity contribution in [1.82, 2.24) is 10.6 Å². The second kappa shape index (κ2) is 11.1. The molecule has 1 aromatic carbocycles. The lowest BCUT2D eigenvalue weighted by molar-refractivity contribution is -0.114. The molecule has 24 heavy (non-hydrogen) atoms. The number of hydrogen-bond acceptors (Lipinski definition) is 2. The van der Waals surface area contributed by atoms with Crippen LogP contribution in [0.3, 0.4) is 0 Å². The zero-order chi connectivity index (χ0) is 16.5. The molecule has 1 aliphatic carbocycles. The summed E-state index contributed by atoms with van der Waals surface area (Å²) >= 11 is 0. The molecule has 3 N–H and O–H groups in total. The maximum absolute atomic E-state index is 11.0. The molecule has 0 spiro atoms. The molecule has 0 atom stereocenters. The number of aliphatic imine (C=N–C) groups is 1. The molecule has 0 aromatic heterocycles. The van der Waals surface area contributed by atoms with E-state index in [1.54, 1.807) is 0 Å². The fourth-order valence-electron chi connectivity index (χ4n) is 2.50. The van der Waals surface area contributed by atoms with Gasteiger partial charge in [-0.05, 0) is 43.9 Å². The van der Waals surface area contributed by atoms with Gasteiger partial charge in [0.25, 0.3) is 0 Å². The van der Waals surface area contributed by atoms with Crippen molar-refractivity contribution in [3.63, 3.8) is 0 Å². The molecule has 0 unspecified atom stereocenters. The average molecular weight is 442 g/mol. The number of benzene rings is 1. The number of nitrogens with one attached hydrogen (secondary N) is 3. The van der Waals surface area contributed by atoms with Gasteiger partial charge in [0.15, 0.2) is 5.96 Å². The second-order valence-corrected chi connectivity index (χ2v) is 5.67. The smallest absolute Gasteiger partial charge is 0.221 e. The number of rotatable bonds is 6. The third kappa shape index (κ3) is 7.33. The van der Waals surface area contributed by atoms with E-state index in [-0.39, 0.29) is 29.9 Å². The van der Waals surface area contributed by atoms with Gasteiger partial charge in [-0.3, -0.25) is 9.79 Å². The Balaban J connectivity index is 0.00000288. The van der Waals surface area contributed by atoms with Crippen LogP contribution in [0.2, 0.25) is 0 Å². The van der Waals surface area contributed by atoms with E-state index in [0.717, 1.165) is 44.0 Å². The van der Waals surface area contributed by atoms with Crippen LogP contribution in [0.4, 0.5) is 5.69 Å². The van der Waals surface area contributed by atoms with Gasteiger partial charge in [0.1, 0.15) is 0 Å². The molecule has 0 radical (unpaired) electrons. The molecular weight excluding hydrogens is 415 g/mol. The van der Waals surface area contributed by atoms with E-state index in [9.17, 15) is 4.79 Å². The number of hydrogen-bond donors (Lipinski definition) is 3. The highest BCUT2D eigenvalue weighted by Gasteiger charge is 2.11. The Hall–Kier alpha value is -1.57. The first-order valence-corrected chi connectivity index (χ1v) is 8.23. The summed E-state index contributed by atoms with van der Waals surface area (Å²) in [6, 6.07) is 8.37. The van der Waals surface area contributed by atoms with Crippen LogP contribution in [0.25, 0.3) is 0 Å². The van der Waals surface area contributed by atoms with Gasteiger partial charge in [-0.15, -0.1) is 24.0 Å². The van der Waals surface area contributed by atoms with E-state index in [1.807, 2.05) is 24.3 Å². The van der Waals surface area contributed by atoms with Crippen molar-refractivity contribution < 1.29 is 4.79 Å². The molecule has 0 fully saturated rings. The number of halogens is 1. The Morgan fingerprint density at radius 2 is 1.88 bits per heavy atom. The predicted octanol–water partition coefficient (Wildman–Crippen LogP) is 3.08. The first-order chi connectivity index (χ1) is 11.2.